The maximum atomic E-state index is 13.5. The van der Waals surface area contributed by atoms with Crippen LogP contribution in [0.5, 0.6) is 0 Å². The zero-order valence-corrected chi connectivity index (χ0v) is 13.3. The van der Waals surface area contributed by atoms with Crippen LogP contribution in [0.4, 0.5) is 10.2 Å². The van der Waals surface area contributed by atoms with E-state index < -0.39 is 5.91 Å². The van der Waals surface area contributed by atoms with E-state index >= 15 is 0 Å². The fourth-order valence-corrected chi connectivity index (χ4v) is 2.14. The number of nitrogens with zero attached hydrogens (tertiary/aromatic N) is 3. The standard InChI is InChI=1S/C18H16FN5O/c19-15-4-2-1-3-14(15)10-24-18(25)16-11-23-17(12-21-16)22-9-13-5-7-20-8-6-13/h1-8,11-12H,9-10H2,(H,22,23)(H,24,25). The fourth-order valence-electron chi connectivity index (χ4n) is 2.14. The van der Waals surface area contributed by atoms with Crippen LogP contribution in [0.1, 0.15) is 21.6 Å². The number of carbonyl (C=O) groups is 1. The molecule has 1 amide bonds. The molecule has 2 aromatic heterocycles. The predicted molar refractivity (Wildman–Crippen MR) is 91.2 cm³/mol. The van der Waals surface area contributed by atoms with Crippen LogP contribution >= 0.6 is 0 Å². The van der Waals surface area contributed by atoms with E-state index in [0.29, 0.717) is 17.9 Å². The van der Waals surface area contributed by atoms with Gasteiger partial charge < -0.3 is 10.6 Å². The molecule has 0 spiro atoms. The Morgan fingerprint density at radius 3 is 2.52 bits per heavy atom. The topological polar surface area (TPSA) is 79.8 Å². The van der Waals surface area contributed by atoms with Crippen LogP contribution in [0.25, 0.3) is 0 Å². The number of carbonyl (C=O) groups excluding carboxylic acids is 1. The Kier molecular flexibility index (Phi) is 5.26. The molecule has 2 N–H and O–H groups in total. The Bertz CT molecular complexity index is 840. The first-order valence-electron chi connectivity index (χ1n) is 7.69. The molecule has 126 valence electrons. The first-order chi connectivity index (χ1) is 12.2. The van der Waals surface area contributed by atoms with Gasteiger partial charge in [-0.3, -0.25) is 9.78 Å². The molecule has 0 aliphatic heterocycles. The van der Waals surface area contributed by atoms with Gasteiger partial charge in [0.15, 0.2) is 0 Å². The van der Waals surface area contributed by atoms with Crippen molar-refractivity contribution in [1.29, 1.82) is 0 Å². The number of hydrogen-bond acceptors (Lipinski definition) is 5. The number of benzene rings is 1. The van der Waals surface area contributed by atoms with Gasteiger partial charge in [0.2, 0.25) is 0 Å². The van der Waals surface area contributed by atoms with Gasteiger partial charge in [0.25, 0.3) is 5.91 Å². The van der Waals surface area contributed by atoms with Crippen molar-refractivity contribution in [3.05, 3.63) is 83.8 Å². The van der Waals surface area contributed by atoms with Crippen LogP contribution in [0, 0.1) is 5.82 Å². The number of rotatable bonds is 6. The van der Waals surface area contributed by atoms with E-state index in [0.717, 1.165) is 5.56 Å². The van der Waals surface area contributed by atoms with Gasteiger partial charge >= 0.3 is 0 Å². The second kappa shape index (κ2) is 7.96. The van der Waals surface area contributed by atoms with Gasteiger partial charge in [0, 0.05) is 31.0 Å². The van der Waals surface area contributed by atoms with Crippen LogP contribution in [0.2, 0.25) is 0 Å². The number of pyridine rings is 1. The zero-order valence-electron chi connectivity index (χ0n) is 13.3. The van der Waals surface area contributed by atoms with Crippen LogP contribution < -0.4 is 10.6 Å². The third-order valence-electron chi connectivity index (χ3n) is 3.50. The van der Waals surface area contributed by atoms with Gasteiger partial charge in [-0.05, 0) is 23.8 Å². The Labute approximate surface area is 144 Å². The smallest absolute Gasteiger partial charge is 0.271 e. The second-order valence-electron chi connectivity index (χ2n) is 5.27. The molecule has 3 aromatic rings. The summed E-state index contributed by atoms with van der Waals surface area (Å²) in [5.41, 5.74) is 1.65. The van der Waals surface area contributed by atoms with Crippen molar-refractivity contribution in [2.75, 3.05) is 5.32 Å². The molecule has 3 rings (SSSR count). The maximum absolute atomic E-state index is 13.5. The van der Waals surface area contributed by atoms with Crippen molar-refractivity contribution in [3.8, 4) is 0 Å². The number of aromatic nitrogens is 3. The molecule has 0 atom stereocenters. The van der Waals surface area contributed by atoms with E-state index in [9.17, 15) is 9.18 Å². The van der Waals surface area contributed by atoms with E-state index in [-0.39, 0.29) is 18.1 Å². The molecule has 2 heterocycles. The summed E-state index contributed by atoms with van der Waals surface area (Å²) in [6.07, 6.45) is 6.29. The summed E-state index contributed by atoms with van der Waals surface area (Å²) in [6.45, 7) is 0.672. The van der Waals surface area contributed by atoms with E-state index in [2.05, 4.69) is 25.6 Å². The molecule has 0 saturated heterocycles. The van der Waals surface area contributed by atoms with Gasteiger partial charge in [-0.1, -0.05) is 18.2 Å². The lowest BCUT2D eigenvalue weighted by atomic mass is 10.2. The highest BCUT2D eigenvalue weighted by molar-refractivity contribution is 5.91. The minimum atomic E-state index is -0.406. The lowest BCUT2D eigenvalue weighted by Gasteiger charge is -2.07. The van der Waals surface area contributed by atoms with Crippen LogP contribution in [0.15, 0.2) is 61.2 Å². The third kappa shape index (κ3) is 4.57. The number of hydrogen-bond donors (Lipinski definition) is 2. The summed E-state index contributed by atoms with van der Waals surface area (Å²) in [5, 5.41) is 5.73. The largest absolute Gasteiger partial charge is 0.365 e. The van der Waals surface area contributed by atoms with Gasteiger partial charge in [-0.2, -0.15) is 0 Å². The average molecular weight is 337 g/mol. The molecule has 25 heavy (non-hydrogen) atoms. The molecule has 7 heteroatoms. The van der Waals surface area contributed by atoms with E-state index in [1.165, 1.54) is 18.5 Å². The van der Waals surface area contributed by atoms with Crippen LogP contribution in [-0.4, -0.2) is 20.9 Å². The quantitative estimate of drug-likeness (QED) is 0.723. The Morgan fingerprint density at radius 1 is 1.00 bits per heavy atom. The highest BCUT2D eigenvalue weighted by Gasteiger charge is 2.09. The van der Waals surface area contributed by atoms with E-state index in [4.69, 9.17) is 0 Å². The minimum Gasteiger partial charge on any atom is -0.365 e. The van der Waals surface area contributed by atoms with Crippen molar-refractivity contribution < 1.29 is 9.18 Å². The van der Waals surface area contributed by atoms with Crippen LogP contribution in [-0.2, 0) is 13.1 Å². The lowest BCUT2D eigenvalue weighted by molar-refractivity contribution is 0.0945. The number of amides is 1. The molecule has 0 aliphatic carbocycles. The lowest BCUT2D eigenvalue weighted by Crippen LogP contribution is -2.24. The normalized spacial score (nSPS) is 10.3. The van der Waals surface area contributed by atoms with Crippen LogP contribution in [0.3, 0.4) is 0 Å². The summed E-state index contributed by atoms with van der Waals surface area (Å²) in [5.74, 6) is -0.205. The minimum absolute atomic E-state index is 0.0925. The van der Waals surface area contributed by atoms with Crippen molar-refractivity contribution in [2.24, 2.45) is 0 Å². The summed E-state index contributed by atoms with van der Waals surface area (Å²) in [7, 11) is 0. The summed E-state index contributed by atoms with van der Waals surface area (Å²) >= 11 is 0. The Morgan fingerprint density at radius 2 is 1.80 bits per heavy atom. The zero-order chi connectivity index (χ0) is 17.5. The molecular formula is C18H16FN5O. The van der Waals surface area contributed by atoms with E-state index in [1.807, 2.05) is 12.1 Å². The molecule has 1 aromatic carbocycles. The van der Waals surface area contributed by atoms with Crippen molar-refractivity contribution in [1.82, 2.24) is 20.3 Å². The summed E-state index contributed by atoms with van der Waals surface area (Å²) in [4.78, 5) is 24.3. The van der Waals surface area contributed by atoms with Gasteiger partial charge in [-0.25, -0.2) is 14.4 Å². The highest BCUT2D eigenvalue weighted by atomic mass is 19.1. The first-order valence-corrected chi connectivity index (χ1v) is 7.69. The van der Waals surface area contributed by atoms with Crippen molar-refractivity contribution in [2.45, 2.75) is 13.1 Å². The molecule has 0 saturated carbocycles. The number of halogens is 1. The summed E-state index contributed by atoms with van der Waals surface area (Å²) in [6, 6.07) is 10.1. The number of nitrogens with one attached hydrogen (secondary N) is 2. The van der Waals surface area contributed by atoms with Crippen molar-refractivity contribution >= 4 is 11.7 Å². The van der Waals surface area contributed by atoms with Gasteiger partial charge in [0.05, 0.1) is 12.4 Å². The van der Waals surface area contributed by atoms with Gasteiger partial charge in [0.1, 0.15) is 17.3 Å². The molecule has 6 nitrogen and oxygen atoms in total. The number of anilines is 1. The van der Waals surface area contributed by atoms with Crippen molar-refractivity contribution in [3.63, 3.8) is 0 Å². The summed E-state index contributed by atoms with van der Waals surface area (Å²) < 4.78 is 13.5. The molecule has 0 radical (unpaired) electrons. The third-order valence-corrected chi connectivity index (χ3v) is 3.50. The van der Waals surface area contributed by atoms with E-state index in [1.54, 1.807) is 30.6 Å². The first kappa shape index (κ1) is 16.5. The highest BCUT2D eigenvalue weighted by Crippen LogP contribution is 2.07. The predicted octanol–water partition coefficient (Wildman–Crippen LogP) is 2.55. The molecule has 0 fully saturated rings. The van der Waals surface area contributed by atoms with Gasteiger partial charge in [-0.15, -0.1) is 0 Å². The Hall–Kier alpha value is -3.35. The molecule has 0 aliphatic rings. The molecule has 0 bridgehead atoms. The fraction of sp³-hybridized carbons (Fsp3) is 0.111. The molecule has 0 unspecified atom stereocenters. The second-order valence-corrected chi connectivity index (χ2v) is 5.27. The Balaban J connectivity index is 1.54. The maximum Gasteiger partial charge on any atom is 0.271 e. The SMILES string of the molecule is O=C(NCc1ccccc1F)c1cnc(NCc2ccncc2)cn1. The monoisotopic (exact) mass is 337 g/mol. The molecular weight excluding hydrogens is 321 g/mol. The average Bonchev–Trinajstić information content (AvgIpc) is 2.67.